The second-order valence-electron chi connectivity index (χ2n) is 4.55. The van der Waals surface area contributed by atoms with Crippen LogP contribution in [0.15, 0.2) is 5.38 Å². The number of carbonyl (C=O) groups is 1. The lowest BCUT2D eigenvalue weighted by Crippen LogP contribution is -2.49. The van der Waals surface area contributed by atoms with Crippen LogP contribution in [0.4, 0.5) is 5.13 Å². The molecule has 1 aliphatic heterocycles. The van der Waals surface area contributed by atoms with Gasteiger partial charge in [-0.3, -0.25) is 4.79 Å². The number of piperidine rings is 1. The Bertz CT molecular complexity index is 569. The number of carbonyl (C=O) groups excluding carboxylic acids is 1. The number of amides is 1. The fourth-order valence-electron chi connectivity index (χ4n) is 2.11. The first-order valence-corrected chi connectivity index (χ1v) is 8.60. The van der Waals surface area contributed by atoms with E-state index in [-0.39, 0.29) is 11.9 Å². The summed E-state index contributed by atoms with van der Waals surface area (Å²) in [6.07, 6.45) is 2.61. The van der Waals surface area contributed by atoms with Crippen LogP contribution >= 0.6 is 11.3 Å². The molecule has 19 heavy (non-hydrogen) atoms. The van der Waals surface area contributed by atoms with Crippen molar-refractivity contribution in [2.24, 2.45) is 0 Å². The Labute approximate surface area is 115 Å². The third-order valence-corrected chi connectivity index (χ3v) is 4.27. The maximum Gasteiger partial charge on any atom is 0.273 e. The van der Waals surface area contributed by atoms with Gasteiger partial charge in [0.25, 0.3) is 5.91 Å². The molecule has 1 atom stereocenters. The van der Waals surface area contributed by atoms with Crippen molar-refractivity contribution in [1.82, 2.24) is 14.6 Å². The van der Waals surface area contributed by atoms with Crippen molar-refractivity contribution in [3.8, 4) is 0 Å². The molecular weight excluding hydrogens is 288 g/mol. The quantitative estimate of drug-likeness (QED) is 0.810. The van der Waals surface area contributed by atoms with Gasteiger partial charge in [0.2, 0.25) is 10.0 Å². The lowest BCUT2D eigenvalue weighted by atomic mass is 10.1. The Morgan fingerprint density at radius 1 is 1.63 bits per heavy atom. The number of hydrogen-bond donors (Lipinski definition) is 2. The van der Waals surface area contributed by atoms with E-state index < -0.39 is 10.0 Å². The number of nitrogens with two attached hydrogens (primary N) is 1. The molecular formula is C10H16N4O3S2. The van der Waals surface area contributed by atoms with Gasteiger partial charge in [-0.25, -0.2) is 18.1 Å². The normalized spacial score (nSPS) is 20.5. The molecule has 1 unspecified atom stereocenters. The number of rotatable bonds is 3. The fourth-order valence-corrected chi connectivity index (χ4v) is 3.44. The van der Waals surface area contributed by atoms with Crippen LogP contribution in [0.3, 0.4) is 0 Å². The van der Waals surface area contributed by atoms with E-state index in [4.69, 9.17) is 5.73 Å². The minimum Gasteiger partial charge on any atom is -0.375 e. The van der Waals surface area contributed by atoms with E-state index >= 15 is 0 Å². The van der Waals surface area contributed by atoms with Crippen LogP contribution in [0.1, 0.15) is 23.3 Å². The predicted octanol–water partition coefficient (Wildman–Crippen LogP) is -0.121. The Balaban J connectivity index is 2.03. The summed E-state index contributed by atoms with van der Waals surface area (Å²) in [5.41, 5.74) is 5.82. The number of anilines is 1. The van der Waals surface area contributed by atoms with Crippen LogP contribution in [-0.4, -0.2) is 49.6 Å². The van der Waals surface area contributed by atoms with Crippen molar-refractivity contribution >= 4 is 32.4 Å². The first-order chi connectivity index (χ1) is 8.85. The van der Waals surface area contributed by atoms with E-state index in [9.17, 15) is 13.2 Å². The molecule has 0 saturated carbocycles. The zero-order valence-corrected chi connectivity index (χ0v) is 12.1. The zero-order valence-electron chi connectivity index (χ0n) is 10.5. The largest absolute Gasteiger partial charge is 0.375 e. The second kappa shape index (κ2) is 5.43. The fraction of sp³-hybridized carbons (Fsp3) is 0.600. The highest BCUT2D eigenvalue weighted by Crippen LogP contribution is 2.17. The maximum atomic E-state index is 12.2. The minimum atomic E-state index is -3.25. The van der Waals surface area contributed by atoms with Crippen LogP contribution in [0.2, 0.25) is 0 Å². The molecule has 1 aromatic heterocycles. The molecule has 9 heteroatoms. The van der Waals surface area contributed by atoms with Crippen LogP contribution in [0.5, 0.6) is 0 Å². The number of sulfonamides is 1. The second-order valence-corrected chi connectivity index (χ2v) is 7.22. The molecule has 3 N–H and O–H groups in total. The summed E-state index contributed by atoms with van der Waals surface area (Å²) >= 11 is 1.22. The number of nitrogens with zero attached hydrogens (tertiary/aromatic N) is 2. The van der Waals surface area contributed by atoms with Crippen molar-refractivity contribution < 1.29 is 13.2 Å². The van der Waals surface area contributed by atoms with Gasteiger partial charge in [-0.15, -0.1) is 11.3 Å². The molecule has 1 aromatic rings. The number of aromatic nitrogens is 1. The molecule has 0 radical (unpaired) electrons. The summed E-state index contributed by atoms with van der Waals surface area (Å²) in [5.74, 6) is -0.201. The van der Waals surface area contributed by atoms with Gasteiger partial charge in [-0.2, -0.15) is 0 Å². The Kier molecular flexibility index (Phi) is 4.07. The number of nitrogens with one attached hydrogen (secondary N) is 1. The lowest BCUT2D eigenvalue weighted by Gasteiger charge is -2.32. The molecule has 7 nitrogen and oxygen atoms in total. The number of hydrogen-bond acceptors (Lipinski definition) is 6. The van der Waals surface area contributed by atoms with Gasteiger partial charge in [-0.05, 0) is 12.8 Å². The first kappa shape index (κ1) is 14.2. The van der Waals surface area contributed by atoms with Crippen LogP contribution in [0, 0.1) is 0 Å². The van der Waals surface area contributed by atoms with E-state index in [2.05, 4.69) is 9.71 Å². The van der Waals surface area contributed by atoms with Gasteiger partial charge in [0.1, 0.15) is 5.69 Å². The van der Waals surface area contributed by atoms with Gasteiger partial charge >= 0.3 is 0 Å². The summed E-state index contributed by atoms with van der Waals surface area (Å²) < 4.78 is 25.0. The van der Waals surface area contributed by atoms with Crippen molar-refractivity contribution in [3.63, 3.8) is 0 Å². The van der Waals surface area contributed by atoms with Crippen molar-refractivity contribution in [2.45, 2.75) is 18.9 Å². The van der Waals surface area contributed by atoms with Crippen LogP contribution < -0.4 is 10.5 Å². The van der Waals surface area contributed by atoms with Gasteiger partial charge in [0.05, 0.1) is 6.26 Å². The number of nitrogen functional groups attached to an aromatic ring is 1. The summed E-state index contributed by atoms with van der Waals surface area (Å²) in [7, 11) is -3.25. The van der Waals surface area contributed by atoms with E-state index in [1.165, 1.54) is 11.3 Å². The topological polar surface area (TPSA) is 105 Å². The highest BCUT2D eigenvalue weighted by atomic mass is 32.2. The third kappa shape index (κ3) is 3.88. The minimum absolute atomic E-state index is 0.201. The molecule has 0 spiro atoms. The van der Waals surface area contributed by atoms with Crippen LogP contribution in [0.25, 0.3) is 0 Å². The molecule has 106 valence electrons. The molecule has 1 amide bonds. The molecule has 2 heterocycles. The summed E-state index contributed by atoms with van der Waals surface area (Å²) in [6.45, 7) is 0.974. The SMILES string of the molecule is CS(=O)(=O)NC1CCCN(C(=O)c2csc(N)n2)C1. The molecule has 1 fully saturated rings. The summed E-state index contributed by atoms with van der Waals surface area (Å²) in [5, 5.41) is 1.97. The summed E-state index contributed by atoms with van der Waals surface area (Å²) in [6, 6.07) is -0.233. The smallest absolute Gasteiger partial charge is 0.273 e. The first-order valence-electron chi connectivity index (χ1n) is 5.83. The molecule has 0 aliphatic carbocycles. The van der Waals surface area contributed by atoms with Gasteiger partial charge in [0, 0.05) is 24.5 Å². The standard InChI is InChI=1S/C10H16N4O3S2/c1-19(16,17)13-7-3-2-4-14(5-7)9(15)8-6-18-10(11)12-8/h6-7,13H,2-5H2,1H3,(H2,11,12). The average Bonchev–Trinajstić information content (AvgIpc) is 2.73. The summed E-state index contributed by atoms with van der Waals surface area (Å²) in [4.78, 5) is 17.7. The molecule has 1 saturated heterocycles. The van der Waals surface area contributed by atoms with Crippen molar-refractivity contribution in [3.05, 3.63) is 11.1 Å². The molecule has 1 aliphatic rings. The van der Waals surface area contributed by atoms with E-state index in [0.29, 0.717) is 23.9 Å². The predicted molar refractivity (Wildman–Crippen MR) is 73.4 cm³/mol. The third-order valence-electron chi connectivity index (χ3n) is 2.83. The lowest BCUT2D eigenvalue weighted by molar-refractivity contribution is 0.0698. The van der Waals surface area contributed by atoms with Gasteiger partial charge in [-0.1, -0.05) is 0 Å². The van der Waals surface area contributed by atoms with Crippen molar-refractivity contribution in [1.29, 1.82) is 0 Å². The Hall–Kier alpha value is -1.19. The number of likely N-dealkylation sites (tertiary alicyclic amines) is 1. The zero-order chi connectivity index (χ0) is 14.0. The van der Waals surface area contributed by atoms with E-state index in [1.54, 1.807) is 10.3 Å². The van der Waals surface area contributed by atoms with Crippen molar-refractivity contribution in [2.75, 3.05) is 25.1 Å². The van der Waals surface area contributed by atoms with E-state index in [0.717, 1.165) is 19.1 Å². The average molecular weight is 304 g/mol. The Morgan fingerprint density at radius 3 is 2.95 bits per heavy atom. The highest BCUT2D eigenvalue weighted by Gasteiger charge is 2.27. The highest BCUT2D eigenvalue weighted by molar-refractivity contribution is 7.88. The monoisotopic (exact) mass is 304 g/mol. The Morgan fingerprint density at radius 2 is 2.37 bits per heavy atom. The number of thiazole rings is 1. The van der Waals surface area contributed by atoms with E-state index in [1.807, 2.05) is 0 Å². The van der Waals surface area contributed by atoms with Gasteiger partial charge < -0.3 is 10.6 Å². The van der Waals surface area contributed by atoms with Gasteiger partial charge in [0.15, 0.2) is 5.13 Å². The maximum absolute atomic E-state index is 12.2. The molecule has 0 bridgehead atoms. The van der Waals surface area contributed by atoms with Crippen LogP contribution in [-0.2, 0) is 10.0 Å². The molecule has 2 rings (SSSR count). The molecule has 0 aromatic carbocycles.